The highest BCUT2D eigenvalue weighted by atomic mass is 16.5. The van der Waals surface area contributed by atoms with Crippen molar-refractivity contribution in [1.82, 2.24) is 14.3 Å². The third-order valence-electron chi connectivity index (χ3n) is 6.19. The van der Waals surface area contributed by atoms with Gasteiger partial charge in [-0.2, -0.15) is 5.26 Å². The van der Waals surface area contributed by atoms with Crippen molar-refractivity contribution in [3.05, 3.63) is 77.6 Å². The van der Waals surface area contributed by atoms with Gasteiger partial charge >= 0.3 is 0 Å². The Labute approximate surface area is 203 Å². The molecule has 8 nitrogen and oxygen atoms in total. The van der Waals surface area contributed by atoms with Crippen LogP contribution >= 0.6 is 0 Å². The fourth-order valence-corrected chi connectivity index (χ4v) is 4.35. The van der Waals surface area contributed by atoms with Crippen molar-refractivity contribution in [1.29, 1.82) is 5.26 Å². The number of carbonyl (C=O) groups is 1. The number of nitrogens with one attached hydrogen (secondary N) is 1. The number of aromatic nitrogens is 2. The van der Waals surface area contributed by atoms with Gasteiger partial charge in [0.15, 0.2) is 5.65 Å². The second-order valence-corrected chi connectivity index (χ2v) is 8.35. The molecule has 1 N–H and O–H groups in total. The molecule has 2 aromatic carbocycles. The molecule has 176 valence electrons. The number of ether oxygens (including phenoxy) is 2. The van der Waals surface area contributed by atoms with Crippen LogP contribution in [0.3, 0.4) is 0 Å². The molecule has 0 saturated carbocycles. The molecule has 0 atom stereocenters. The summed E-state index contributed by atoms with van der Waals surface area (Å²) in [4.78, 5) is 19.4. The smallest absolute Gasteiger partial charge is 0.254 e. The largest absolute Gasteiger partial charge is 0.495 e. The van der Waals surface area contributed by atoms with E-state index in [0.717, 1.165) is 33.8 Å². The van der Waals surface area contributed by atoms with Crippen molar-refractivity contribution in [2.24, 2.45) is 0 Å². The molecule has 0 spiro atoms. The molecule has 1 amide bonds. The predicted molar refractivity (Wildman–Crippen MR) is 133 cm³/mol. The molecule has 0 unspecified atom stereocenters. The molecule has 1 aliphatic rings. The van der Waals surface area contributed by atoms with E-state index in [1.54, 1.807) is 25.4 Å². The third kappa shape index (κ3) is 4.29. The van der Waals surface area contributed by atoms with E-state index < -0.39 is 0 Å². The maximum atomic E-state index is 12.9. The average molecular weight is 468 g/mol. The number of carbonyl (C=O) groups excluding carboxylic acids is 1. The summed E-state index contributed by atoms with van der Waals surface area (Å²) >= 11 is 0. The lowest BCUT2D eigenvalue weighted by molar-refractivity contribution is 0.0302. The number of methoxy groups -OCH3 is 1. The highest BCUT2D eigenvalue weighted by Gasteiger charge is 2.20. The highest BCUT2D eigenvalue weighted by Crippen LogP contribution is 2.30. The Kier molecular flexibility index (Phi) is 6.08. The Morgan fingerprint density at radius 1 is 1.17 bits per heavy atom. The van der Waals surface area contributed by atoms with E-state index in [2.05, 4.69) is 16.4 Å². The summed E-state index contributed by atoms with van der Waals surface area (Å²) in [6, 6.07) is 17.3. The molecule has 5 rings (SSSR count). The van der Waals surface area contributed by atoms with Crippen molar-refractivity contribution in [3.8, 4) is 23.1 Å². The van der Waals surface area contributed by atoms with E-state index in [9.17, 15) is 10.1 Å². The molecule has 3 heterocycles. The van der Waals surface area contributed by atoms with Gasteiger partial charge < -0.3 is 19.7 Å². The van der Waals surface area contributed by atoms with Gasteiger partial charge in [0.2, 0.25) is 0 Å². The van der Waals surface area contributed by atoms with E-state index in [4.69, 9.17) is 9.47 Å². The van der Waals surface area contributed by atoms with E-state index in [0.29, 0.717) is 43.2 Å². The van der Waals surface area contributed by atoms with Gasteiger partial charge in [-0.1, -0.05) is 0 Å². The van der Waals surface area contributed by atoms with Crippen LogP contribution in [-0.4, -0.2) is 53.6 Å². The molecule has 0 aliphatic carbocycles. The maximum Gasteiger partial charge on any atom is 0.254 e. The van der Waals surface area contributed by atoms with Crippen LogP contribution in [0.1, 0.15) is 21.5 Å². The number of pyridine rings is 1. The van der Waals surface area contributed by atoms with Crippen LogP contribution in [0.25, 0.3) is 16.9 Å². The summed E-state index contributed by atoms with van der Waals surface area (Å²) in [5.74, 6) is 0.576. The zero-order valence-corrected chi connectivity index (χ0v) is 19.6. The summed E-state index contributed by atoms with van der Waals surface area (Å²) < 4.78 is 12.6. The van der Waals surface area contributed by atoms with Gasteiger partial charge in [-0.25, -0.2) is 4.98 Å². The van der Waals surface area contributed by atoms with Gasteiger partial charge in [0, 0.05) is 36.1 Å². The number of hydrogen-bond donors (Lipinski definition) is 1. The molecule has 8 heteroatoms. The van der Waals surface area contributed by atoms with Gasteiger partial charge in [0.1, 0.15) is 11.8 Å². The Morgan fingerprint density at radius 2 is 2.00 bits per heavy atom. The molecule has 0 radical (unpaired) electrons. The standard InChI is InChI=1S/C27H25N5O3/c1-18-14-21(6-7-22(18)27(33)31-10-12-35-13-11-31)30-23-4-3-9-32-24(17-29-26(23)32)19-5-8-25(34-2)20(15-19)16-28/h3-9,14-15,17,30H,10-13H2,1-2H3. The fourth-order valence-electron chi connectivity index (χ4n) is 4.35. The zero-order chi connectivity index (χ0) is 24.4. The van der Waals surface area contributed by atoms with Crippen LogP contribution in [-0.2, 0) is 4.74 Å². The van der Waals surface area contributed by atoms with Crippen LogP contribution in [0.15, 0.2) is 60.9 Å². The Bertz CT molecular complexity index is 1450. The topological polar surface area (TPSA) is 91.9 Å². The van der Waals surface area contributed by atoms with Crippen molar-refractivity contribution >= 4 is 22.9 Å². The summed E-state index contributed by atoms with van der Waals surface area (Å²) in [7, 11) is 1.55. The lowest BCUT2D eigenvalue weighted by Gasteiger charge is -2.27. The second-order valence-electron chi connectivity index (χ2n) is 8.35. The van der Waals surface area contributed by atoms with Crippen LogP contribution < -0.4 is 10.1 Å². The van der Waals surface area contributed by atoms with Gasteiger partial charge in [0.05, 0.1) is 43.5 Å². The van der Waals surface area contributed by atoms with Crippen LogP contribution in [0.2, 0.25) is 0 Å². The second kappa shape index (κ2) is 9.49. The van der Waals surface area contributed by atoms with Crippen molar-refractivity contribution in [2.75, 3.05) is 38.7 Å². The van der Waals surface area contributed by atoms with Crippen LogP contribution in [0, 0.1) is 18.3 Å². The molecule has 4 aromatic rings. The van der Waals surface area contributed by atoms with E-state index >= 15 is 0 Å². The predicted octanol–water partition coefficient (Wildman–Crippen LogP) is 4.41. The average Bonchev–Trinajstić information content (AvgIpc) is 3.34. The summed E-state index contributed by atoms with van der Waals surface area (Å²) in [6.07, 6.45) is 3.73. The number of nitriles is 1. The number of morpholine rings is 1. The fraction of sp³-hybridized carbons (Fsp3) is 0.222. The number of nitrogens with zero attached hydrogens (tertiary/aromatic N) is 4. The number of hydrogen-bond acceptors (Lipinski definition) is 6. The first-order chi connectivity index (χ1) is 17.1. The molecule has 1 aliphatic heterocycles. The SMILES string of the molecule is COc1ccc(-c2cnc3c(Nc4ccc(C(=O)N5CCOCC5)c(C)c4)cccn23)cc1C#N. The first-order valence-corrected chi connectivity index (χ1v) is 11.4. The number of imidazole rings is 1. The molecule has 0 bridgehead atoms. The van der Waals surface area contributed by atoms with Crippen LogP contribution in [0.4, 0.5) is 11.4 Å². The minimum Gasteiger partial charge on any atom is -0.495 e. The molecule has 1 saturated heterocycles. The lowest BCUT2D eigenvalue weighted by atomic mass is 10.1. The minimum atomic E-state index is 0.0357. The number of anilines is 2. The monoisotopic (exact) mass is 467 g/mol. The zero-order valence-electron chi connectivity index (χ0n) is 19.6. The van der Waals surface area contributed by atoms with E-state index in [1.165, 1.54) is 0 Å². The molecular weight excluding hydrogens is 442 g/mol. The van der Waals surface area contributed by atoms with Crippen molar-refractivity contribution < 1.29 is 14.3 Å². The van der Waals surface area contributed by atoms with Gasteiger partial charge in [-0.15, -0.1) is 0 Å². The maximum absolute atomic E-state index is 12.9. The number of rotatable bonds is 5. The Hall–Kier alpha value is -4.35. The Balaban J connectivity index is 1.43. The van der Waals surface area contributed by atoms with Crippen molar-refractivity contribution in [2.45, 2.75) is 6.92 Å². The molecular formula is C27H25N5O3. The summed E-state index contributed by atoms with van der Waals surface area (Å²) in [5.41, 5.74) is 6.27. The Morgan fingerprint density at radius 3 is 2.74 bits per heavy atom. The lowest BCUT2D eigenvalue weighted by Crippen LogP contribution is -2.40. The molecule has 35 heavy (non-hydrogen) atoms. The first-order valence-electron chi connectivity index (χ1n) is 11.4. The molecule has 2 aromatic heterocycles. The first kappa shape index (κ1) is 22.4. The number of fused-ring (bicyclic) bond motifs is 1. The van der Waals surface area contributed by atoms with E-state index in [-0.39, 0.29) is 5.91 Å². The molecule has 1 fully saturated rings. The number of amides is 1. The van der Waals surface area contributed by atoms with Gasteiger partial charge in [0.25, 0.3) is 5.91 Å². The normalized spacial score (nSPS) is 13.5. The summed E-state index contributed by atoms with van der Waals surface area (Å²) in [5, 5.41) is 12.9. The van der Waals surface area contributed by atoms with Gasteiger partial charge in [-0.3, -0.25) is 9.20 Å². The minimum absolute atomic E-state index is 0.0357. The van der Waals surface area contributed by atoms with Gasteiger partial charge in [-0.05, 0) is 61.0 Å². The van der Waals surface area contributed by atoms with Crippen LogP contribution in [0.5, 0.6) is 5.75 Å². The van der Waals surface area contributed by atoms with Crippen molar-refractivity contribution in [3.63, 3.8) is 0 Å². The summed E-state index contributed by atoms with van der Waals surface area (Å²) in [6.45, 7) is 4.34. The number of benzene rings is 2. The van der Waals surface area contributed by atoms with E-state index in [1.807, 2.05) is 58.8 Å². The quantitative estimate of drug-likeness (QED) is 0.468. The number of aryl methyl sites for hydroxylation is 1. The third-order valence-corrected chi connectivity index (χ3v) is 6.19. The highest BCUT2D eigenvalue weighted by molar-refractivity contribution is 5.96.